The van der Waals surface area contributed by atoms with Gasteiger partial charge in [0.2, 0.25) is 0 Å². The second kappa shape index (κ2) is 8.12. The number of para-hydroxylation sites is 1. The fraction of sp³-hybridized carbons (Fsp3) is 0.0476. The summed E-state index contributed by atoms with van der Waals surface area (Å²) in [5.74, 6) is -0.494. The number of amides is 1. The first-order valence-electron chi connectivity index (χ1n) is 9.51. The van der Waals surface area contributed by atoms with Crippen LogP contribution < -0.4 is 5.32 Å². The number of tetrazole rings is 1. The number of aryl methyl sites for hydroxylation is 1. The Hall–Kier alpha value is -4.25. The number of hydrogen-bond acceptors (Lipinski definition) is 7. The summed E-state index contributed by atoms with van der Waals surface area (Å²) in [6.07, 6.45) is 3.56. The molecule has 9 nitrogen and oxygen atoms in total. The Labute approximate surface area is 185 Å². The van der Waals surface area contributed by atoms with Crippen molar-refractivity contribution in [3.05, 3.63) is 83.6 Å². The lowest BCUT2D eigenvalue weighted by Crippen LogP contribution is -2.13. The van der Waals surface area contributed by atoms with Crippen molar-refractivity contribution in [2.75, 3.05) is 5.32 Å². The third kappa shape index (κ3) is 3.76. The van der Waals surface area contributed by atoms with Crippen LogP contribution in [0.1, 0.15) is 16.3 Å². The number of rotatable bonds is 5. The monoisotopic (exact) mass is 446 g/mol. The molecule has 0 atom stereocenters. The van der Waals surface area contributed by atoms with Gasteiger partial charge < -0.3 is 5.32 Å². The maximum absolute atomic E-state index is 14.2. The molecule has 0 aliphatic heterocycles. The van der Waals surface area contributed by atoms with E-state index in [9.17, 15) is 9.18 Å². The largest absolute Gasteiger partial charge is 0.321 e. The van der Waals surface area contributed by atoms with Crippen LogP contribution in [0.15, 0.2) is 66.3 Å². The van der Waals surface area contributed by atoms with Gasteiger partial charge in [-0.1, -0.05) is 18.2 Å². The first-order chi connectivity index (χ1) is 15.6. The number of nitrogens with one attached hydrogen (secondary N) is 1. The van der Waals surface area contributed by atoms with Crippen molar-refractivity contribution in [2.24, 2.45) is 0 Å². The summed E-state index contributed by atoms with van der Waals surface area (Å²) in [5.41, 5.74) is 2.52. The topological polar surface area (TPSA) is 103 Å². The zero-order valence-corrected chi connectivity index (χ0v) is 17.5. The summed E-state index contributed by atoms with van der Waals surface area (Å²) in [6.45, 7) is 1.65. The number of benzene rings is 2. The minimum absolute atomic E-state index is 0.137. The second-order valence-electron chi connectivity index (χ2n) is 6.81. The highest BCUT2D eigenvalue weighted by Crippen LogP contribution is 2.25. The molecule has 0 saturated carbocycles. The molecule has 11 heteroatoms. The molecule has 0 aliphatic carbocycles. The average molecular weight is 446 g/mol. The number of aromatic nitrogens is 7. The summed E-state index contributed by atoms with van der Waals surface area (Å²) in [4.78, 5) is 17.1. The zero-order valence-electron chi connectivity index (χ0n) is 16.7. The Kier molecular flexibility index (Phi) is 5.00. The quantitative estimate of drug-likeness (QED) is 0.442. The van der Waals surface area contributed by atoms with Gasteiger partial charge in [-0.05, 0) is 47.7 Å². The number of carbonyl (C=O) groups excluding carboxylic acids is 1. The number of hydrogen-bond donors (Lipinski definition) is 1. The molecule has 5 aromatic rings. The van der Waals surface area contributed by atoms with E-state index in [4.69, 9.17) is 0 Å². The normalized spacial score (nSPS) is 10.9. The van der Waals surface area contributed by atoms with Gasteiger partial charge in [0.15, 0.2) is 5.82 Å². The zero-order chi connectivity index (χ0) is 22.1. The molecule has 32 heavy (non-hydrogen) atoms. The Morgan fingerprint density at radius 2 is 2.00 bits per heavy atom. The predicted octanol–water partition coefficient (Wildman–Crippen LogP) is 3.67. The SMILES string of the molecule is Cc1nnnn1-c1cc(NC(=O)c2csc(-c3cnn(-c4ccccc4)c3)n2)ccc1F. The lowest BCUT2D eigenvalue weighted by atomic mass is 10.2. The van der Waals surface area contributed by atoms with Crippen molar-refractivity contribution in [3.63, 3.8) is 0 Å². The third-order valence-electron chi connectivity index (χ3n) is 4.64. The van der Waals surface area contributed by atoms with E-state index in [1.165, 1.54) is 34.2 Å². The number of carbonyl (C=O) groups is 1. The van der Waals surface area contributed by atoms with Gasteiger partial charge in [-0.3, -0.25) is 4.79 Å². The highest BCUT2D eigenvalue weighted by molar-refractivity contribution is 7.13. The molecular weight excluding hydrogens is 431 g/mol. The Bertz CT molecular complexity index is 1410. The number of thiazole rings is 1. The van der Waals surface area contributed by atoms with Crippen LogP contribution in [0, 0.1) is 12.7 Å². The van der Waals surface area contributed by atoms with Gasteiger partial charge in [0.25, 0.3) is 5.91 Å². The molecule has 5 rings (SSSR count). The van der Waals surface area contributed by atoms with Crippen molar-refractivity contribution in [2.45, 2.75) is 6.92 Å². The number of nitrogens with zero attached hydrogens (tertiary/aromatic N) is 7. The summed E-state index contributed by atoms with van der Waals surface area (Å²) in [5, 5.41) is 20.5. The Morgan fingerprint density at radius 3 is 2.78 bits per heavy atom. The molecule has 0 unspecified atom stereocenters. The molecule has 0 fully saturated rings. The van der Waals surface area contributed by atoms with Crippen molar-refractivity contribution < 1.29 is 9.18 Å². The standard InChI is InChI=1S/C21H15FN8OS/c1-13-26-27-28-30(13)19-9-15(7-8-17(19)22)24-20(31)18-12-32-21(25-18)14-10-23-29(11-14)16-5-3-2-4-6-16/h2-12H,1H3,(H,24,31). The van der Waals surface area contributed by atoms with E-state index in [0.29, 0.717) is 16.5 Å². The minimum atomic E-state index is -0.509. The van der Waals surface area contributed by atoms with Gasteiger partial charge in [0.1, 0.15) is 22.2 Å². The van der Waals surface area contributed by atoms with Gasteiger partial charge in [0, 0.05) is 22.8 Å². The molecule has 0 saturated heterocycles. The predicted molar refractivity (Wildman–Crippen MR) is 116 cm³/mol. The lowest BCUT2D eigenvalue weighted by molar-refractivity contribution is 0.102. The first kappa shape index (κ1) is 19.7. The minimum Gasteiger partial charge on any atom is -0.321 e. The third-order valence-corrected chi connectivity index (χ3v) is 5.54. The molecule has 0 radical (unpaired) electrons. The average Bonchev–Trinajstić information content (AvgIpc) is 3.56. The van der Waals surface area contributed by atoms with E-state index >= 15 is 0 Å². The molecule has 0 bridgehead atoms. The molecule has 2 aromatic carbocycles. The number of halogens is 1. The van der Waals surface area contributed by atoms with Gasteiger partial charge in [-0.25, -0.2) is 14.1 Å². The van der Waals surface area contributed by atoms with Crippen molar-refractivity contribution in [3.8, 4) is 21.9 Å². The van der Waals surface area contributed by atoms with E-state index in [1.54, 1.807) is 23.2 Å². The van der Waals surface area contributed by atoms with E-state index in [-0.39, 0.29) is 11.4 Å². The highest BCUT2D eigenvalue weighted by atomic mass is 32.1. The van der Waals surface area contributed by atoms with Crippen LogP contribution in [0.3, 0.4) is 0 Å². The van der Waals surface area contributed by atoms with Crippen LogP contribution in [0.4, 0.5) is 10.1 Å². The van der Waals surface area contributed by atoms with Crippen molar-refractivity contribution in [1.29, 1.82) is 0 Å². The van der Waals surface area contributed by atoms with Crippen molar-refractivity contribution in [1.82, 2.24) is 35.0 Å². The van der Waals surface area contributed by atoms with Gasteiger partial charge >= 0.3 is 0 Å². The van der Waals surface area contributed by atoms with Crippen LogP contribution in [0.5, 0.6) is 0 Å². The maximum atomic E-state index is 14.2. The van der Waals surface area contributed by atoms with Crippen molar-refractivity contribution >= 4 is 22.9 Å². The van der Waals surface area contributed by atoms with E-state index in [1.807, 2.05) is 36.5 Å². The van der Waals surface area contributed by atoms with Gasteiger partial charge in [0.05, 0.1) is 11.9 Å². The summed E-state index contributed by atoms with van der Waals surface area (Å²) in [6, 6.07) is 13.9. The molecule has 3 heterocycles. The van der Waals surface area contributed by atoms with E-state index in [0.717, 1.165) is 11.3 Å². The molecule has 158 valence electrons. The fourth-order valence-corrected chi connectivity index (χ4v) is 3.84. The fourth-order valence-electron chi connectivity index (χ4n) is 3.07. The van der Waals surface area contributed by atoms with Gasteiger partial charge in [-0.15, -0.1) is 16.4 Å². The summed E-state index contributed by atoms with van der Waals surface area (Å²) >= 11 is 1.34. The Balaban J connectivity index is 1.35. The highest BCUT2D eigenvalue weighted by Gasteiger charge is 2.16. The van der Waals surface area contributed by atoms with Crippen LogP contribution >= 0.6 is 11.3 Å². The molecule has 0 spiro atoms. The smallest absolute Gasteiger partial charge is 0.275 e. The van der Waals surface area contributed by atoms with Gasteiger partial charge in [-0.2, -0.15) is 9.78 Å². The van der Waals surface area contributed by atoms with E-state index in [2.05, 4.69) is 30.9 Å². The summed E-state index contributed by atoms with van der Waals surface area (Å²) < 4.78 is 17.2. The lowest BCUT2D eigenvalue weighted by Gasteiger charge is -2.08. The number of anilines is 1. The van der Waals surface area contributed by atoms with E-state index < -0.39 is 11.7 Å². The van der Waals surface area contributed by atoms with Crippen LogP contribution in [0.2, 0.25) is 0 Å². The van der Waals surface area contributed by atoms with Crippen LogP contribution in [-0.4, -0.2) is 40.9 Å². The summed E-state index contributed by atoms with van der Waals surface area (Å²) in [7, 11) is 0. The molecule has 1 N–H and O–H groups in total. The first-order valence-corrected chi connectivity index (χ1v) is 10.4. The molecule has 1 amide bonds. The molecule has 3 aromatic heterocycles. The second-order valence-corrected chi connectivity index (χ2v) is 7.66. The molecular formula is C21H15FN8OS. The Morgan fingerprint density at radius 1 is 1.16 bits per heavy atom. The van der Waals surface area contributed by atoms with Crippen LogP contribution in [-0.2, 0) is 0 Å². The maximum Gasteiger partial charge on any atom is 0.275 e. The molecule has 0 aliphatic rings. The van der Waals surface area contributed by atoms with Crippen LogP contribution in [0.25, 0.3) is 21.9 Å².